The molecule has 1 heterocycles. The third kappa shape index (κ3) is 4.40. The first-order valence-corrected chi connectivity index (χ1v) is 9.79. The van der Waals surface area contributed by atoms with Crippen LogP contribution in [0.1, 0.15) is 5.56 Å². The average molecular weight is 495 g/mol. The molecule has 4 rings (SSSR count). The smallest absolute Gasteiger partial charge is 0.276 e. The lowest BCUT2D eigenvalue weighted by molar-refractivity contribution is -0.385. The van der Waals surface area contributed by atoms with Gasteiger partial charge in [0.05, 0.1) is 16.2 Å². The molecule has 0 spiro atoms. The number of rotatable bonds is 5. The highest BCUT2D eigenvalue weighted by atomic mass is 127. The number of para-hydroxylation sites is 1. The van der Waals surface area contributed by atoms with E-state index in [0.29, 0.717) is 22.7 Å². The van der Waals surface area contributed by atoms with Gasteiger partial charge < -0.3 is 4.42 Å². The topological polar surface area (TPSA) is 81.5 Å². The van der Waals surface area contributed by atoms with Crippen LogP contribution in [-0.4, -0.2) is 16.1 Å². The van der Waals surface area contributed by atoms with Crippen LogP contribution in [0.2, 0.25) is 0 Å². The van der Waals surface area contributed by atoms with E-state index in [1.54, 1.807) is 36.6 Å². The molecule has 29 heavy (non-hydrogen) atoms. The second-order valence-electron chi connectivity index (χ2n) is 6.13. The summed E-state index contributed by atoms with van der Waals surface area (Å²) in [6.45, 7) is 0. The summed E-state index contributed by atoms with van der Waals surface area (Å²) in [5, 5.41) is 11.0. The van der Waals surface area contributed by atoms with Crippen LogP contribution in [0.5, 0.6) is 0 Å². The molecule has 3 aromatic carbocycles. The number of hydrogen-bond acceptors (Lipinski definition) is 5. The minimum absolute atomic E-state index is 0.0595. The molecule has 142 valence electrons. The maximum absolute atomic E-state index is 11.0. The van der Waals surface area contributed by atoms with Crippen LogP contribution in [0.25, 0.3) is 28.6 Å². The van der Waals surface area contributed by atoms with Crippen LogP contribution in [0, 0.1) is 13.7 Å². The monoisotopic (exact) mass is 495 g/mol. The van der Waals surface area contributed by atoms with Gasteiger partial charge in [0.15, 0.2) is 5.58 Å². The van der Waals surface area contributed by atoms with E-state index >= 15 is 0 Å². The first-order chi connectivity index (χ1) is 14.1. The third-order valence-electron chi connectivity index (χ3n) is 4.18. The van der Waals surface area contributed by atoms with Crippen molar-refractivity contribution in [3.8, 4) is 11.5 Å². The number of aliphatic imine (C=N–C) groups is 1. The Balaban J connectivity index is 1.54. The normalized spacial score (nSPS) is 11.6. The van der Waals surface area contributed by atoms with Gasteiger partial charge in [-0.15, -0.1) is 0 Å². The fourth-order valence-corrected chi connectivity index (χ4v) is 3.14. The zero-order chi connectivity index (χ0) is 20.2. The number of nitro benzene ring substituents is 1. The van der Waals surface area contributed by atoms with E-state index in [1.807, 2.05) is 42.5 Å². The summed E-state index contributed by atoms with van der Waals surface area (Å²) in [7, 11) is 0. The van der Waals surface area contributed by atoms with E-state index in [2.05, 4.69) is 32.6 Å². The van der Waals surface area contributed by atoms with Gasteiger partial charge in [-0.05, 0) is 83.3 Å². The van der Waals surface area contributed by atoms with Crippen molar-refractivity contribution in [3.63, 3.8) is 0 Å². The number of aromatic nitrogens is 1. The van der Waals surface area contributed by atoms with Gasteiger partial charge in [0.1, 0.15) is 5.52 Å². The Bertz CT molecular complexity index is 1240. The predicted octanol–water partition coefficient (Wildman–Crippen LogP) is 6.42. The SMILES string of the molecule is O=[N+]([O-])c1ccccc1/C=C/C=Nc1ccc2oc(-c3ccc(I)cc3)nc2c1. The van der Waals surface area contributed by atoms with Gasteiger partial charge in [-0.2, -0.15) is 0 Å². The molecule has 0 bridgehead atoms. The minimum atomic E-state index is -0.402. The van der Waals surface area contributed by atoms with Crippen molar-refractivity contribution >= 4 is 57.4 Å². The quantitative estimate of drug-likeness (QED) is 0.138. The maximum atomic E-state index is 11.0. The van der Waals surface area contributed by atoms with Crippen molar-refractivity contribution in [1.29, 1.82) is 0 Å². The van der Waals surface area contributed by atoms with Crippen molar-refractivity contribution in [2.24, 2.45) is 4.99 Å². The Morgan fingerprint density at radius 2 is 1.86 bits per heavy atom. The molecule has 0 aliphatic carbocycles. The Morgan fingerprint density at radius 3 is 2.66 bits per heavy atom. The molecule has 0 radical (unpaired) electrons. The summed E-state index contributed by atoms with van der Waals surface area (Å²) in [5.74, 6) is 0.564. The van der Waals surface area contributed by atoms with Gasteiger partial charge in [0.25, 0.3) is 5.69 Å². The largest absolute Gasteiger partial charge is 0.436 e. The standard InChI is InChI=1S/C22H14IN3O3/c23-17-9-7-16(8-10-17)22-25-19-14-18(11-12-21(19)29-22)24-13-3-5-15-4-1-2-6-20(15)26(27)28/h1-14H/b5-3+,24-13?. The molecule has 6 nitrogen and oxygen atoms in total. The van der Waals surface area contributed by atoms with E-state index in [4.69, 9.17) is 4.42 Å². The van der Waals surface area contributed by atoms with Gasteiger partial charge in [0, 0.05) is 21.4 Å². The van der Waals surface area contributed by atoms with E-state index < -0.39 is 4.92 Å². The molecule has 0 saturated carbocycles. The van der Waals surface area contributed by atoms with Crippen LogP contribution in [0.15, 0.2) is 82.2 Å². The number of hydrogen-bond donors (Lipinski definition) is 0. The summed E-state index contributed by atoms with van der Waals surface area (Å²) in [5.41, 5.74) is 3.62. The van der Waals surface area contributed by atoms with E-state index in [1.165, 1.54) is 6.07 Å². The second-order valence-corrected chi connectivity index (χ2v) is 7.38. The number of oxazole rings is 1. The number of allylic oxidation sites excluding steroid dienone is 1. The van der Waals surface area contributed by atoms with Crippen LogP contribution < -0.4 is 0 Å². The number of nitro groups is 1. The van der Waals surface area contributed by atoms with Crippen LogP contribution >= 0.6 is 22.6 Å². The van der Waals surface area contributed by atoms with Crippen LogP contribution in [-0.2, 0) is 0 Å². The second kappa shape index (κ2) is 8.36. The van der Waals surface area contributed by atoms with E-state index in [-0.39, 0.29) is 5.69 Å². The van der Waals surface area contributed by atoms with Crippen LogP contribution in [0.4, 0.5) is 11.4 Å². The molecule has 0 amide bonds. The third-order valence-corrected chi connectivity index (χ3v) is 4.90. The maximum Gasteiger partial charge on any atom is 0.276 e. The van der Waals surface area contributed by atoms with Crippen molar-refractivity contribution in [2.45, 2.75) is 0 Å². The molecule has 0 aliphatic rings. The molecule has 0 N–H and O–H groups in total. The summed E-state index contributed by atoms with van der Waals surface area (Å²) >= 11 is 2.25. The van der Waals surface area contributed by atoms with E-state index in [9.17, 15) is 10.1 Å². The molecular weight excluding hydrogens is 481 g/mol. The predicted molar refractivity (Wildman–Crippen MR) is 122 cm³/mol. The van der Waals surface area contributed by atoms with Gasteiger partial charge in [-0.1, -0.05) is 12.1 Å². The first-order valence-electron chi connectivity index (χ1n) is 8.71. The fraction of sp³-hybridized carbons (Fsp3) is 0. The summed E-state index contributed by atoms with van der Waals surface area (Å²) in [6, 6.07) is 20.0. The molecule has 1 aromatic heterocycles. The summed E-state index contributed by atoms with van der Waals surface area (Å²) in [6.07, 6.45) is 4.93. The zero-order valence-electron chi connectivity index (χ0n) is 15.0. The average Bonchev–Trinajstić information content (AvgIpc) is 3.15. The van der Waals surface area contributed by atoms with E-state index in [0.717, 1.165) is 14.7 Å². The molecule has 0 fully saturated rings. The van der Waals surface area contributed by atoms with Crippen LogP contribution in [0.3, 0.4) is 0 Å². The molecule has 0 aliphatic heterocycles. The number of halogens is 1. The van der Waals surface area contributed by atoms with Crippen molar-refractivity contribution in [1.82, 2.24) is 4.98 Å². The van der Waals surface area contributed by atoms with Crippen molar-refractivity contribution in [2.75, 3.05) is 0 Å². The summed E-state index contributed by atoms with van der Waals surface area (Å²) < 4.78 is 6.97. The molecule has 0 saturated heterocycles. The lowest BCUT2D eigenvalue weighted by Crippen LogP contribution is -1.90. The summed E-state index contributed by atoms with van der Waals surface area (Å²) in [4.78, 5) is 19.6. The van der Waals surface area contributed by atoms with Gasteiger partial charge in [0.2, 0.25) is 5.89 Å². The lowest BCUT2D eigenvalue weighted by atomic mass is 10.1. The van der Waals surface area contributed by atoms with Crippen molar-refractivity contribution in [3.05, 3.63) is 92.1 Å². The Labute approximate surface area is 179 Å². The minimum Gasteiger partial charge on any atom is -0.436 e. The van der Waals surface area contributed by atoms with Gasteiger partial charge in [-0.3, -0.25) is 15.1 Å². The molecule has 0 atom stereocenters. The van der Waals surface area contributed by atoms with Gasteiger partial charge in [-0.25, -0.2) is 4.98 Å². The number of nitrogens with zero attached hydrogens (tertiary/aromatic N) is 3. The fourth-order valence-electron chi connectivity index (χ4n) is 2.78. The zero-order valence-corrected chi connectivity index (χ0v) is 17.2. The number of fused-ring (bicyclic) bond motifs is 1. The Kier molecular flexibility index (Phi) is 5.48. The Hall–Kier alpha value is -3.33. The molecule has 7 heteroatoms. The Morgan fingerprint density at radius 1 is 1.07 bits per heavy atom. The van der Waals surface area contributed by atoms with Gasteiger partial charge >= 0.3 is 0 Å². The molecular formula is C22H14IN3O3. The molecule has 0 unspecified atom stereocenters. The highest BCUT2D eigenvalue weighted by Gasteiger charge is 2.09. The lowest BCUT2D eigenvalue weighted by Gasteiger charge is -1.95. The van der Waals surface area contributed by atoms with Crippen molar-refractivity contribution < 1.29 is 9.34 Å². The highest BCUT2D eigenvalue weighted by molar-refractivity contribution is 14.1. The highest BCUT2D eigenvalue weighted by Crippen LogP contribution is 2.27. The number of benzene rings is 3. The molecule has 4 aromatic rings. The first kappa shape index (κ1) is 19.0.